The third kappa shape index (κ3) is 1.18. The van der Waals surface area contributed by atoms with Crippen molar-refractivity contribution in [2.45, 2.75) is 12.3 Å². The second-order valence-corrected chi connectivity index (χ2v) is 3.23. The molecule has 1 aromatic rings. The van der Waals surface area contributed by atoms with Gasteiger partial charge in [-0.15, -0.1) is 0 Å². The summed E-state index contributed by atoms with van der Waals surface area (Å²) in [7, 11) is 1.46. The summed E-state index contributed by atoms with van der Waals surface area (Å²) < 4.78 is 30.8. The number of hydrogen-bond donors (Lipinski definition) is 0. The number of halogens is 2. The molecular weight excluding hydrogens is 190 g/mol. The number of Topliss-reactive ketones (excluding diaryl/α,β-unsaturated/α-hetero) is 1. The minimum Gasteiger partial charge on any atom is -0.497 e. The second kappa shape index (κ2) is 2.77. The van der Waals surface area contributed by atoms with Crippen molar-refractivity contribution >= 4 is 5.78 Å². The highest BCUT2D eigenvalue weighted by atomic mass is 19.3. The smallest absolute Gasteiger partial charge is 0.313 e. The highest BCUT2D eigenvalue weighted by Gasteiger charge is 2.46. The molecule has 0 amide bonds. The van der Waals surface area contributed by atoms with E-state index in [2.05, 4.69) is 0 Å². The van der Waals surface area contributed by atoms with E-state index in [9.17, 15) is 13.6 Å². The largest absolute Gasteiger partial charge is 0.497 e. The summed E-state index contributed by atoms with van der Waals surface area (Å²) >= 11 is 0. The number of methoxy groups -OCH3 is 1. The normalized spacial score (nSPS) is 18.1. The lowest BCUT2D eigenvalue weighted by atomic mass is 10.1. The standard InChI is InChI=1S/C10H8F2O2/c1-14-7-2-3-8-6(4-7)5-10(11,12)9(8)13/h2-4H,5H2,1H3. The van der Waals surface area contributed by atoms with Gasteiger partial charge in [-0.1, -0.05) is 0 Å². The molecule has 1 aliphatic rings. The van der Waals surface area contributed by atoms with Crippen molar-refractivity contribution in [2.24, 2.45) is 0 Å². The molecule has 0 radical (unpaired) electrons. The monoisotopic (exact) mass is 198 g/mol. The molecule has 0 heterocycles. The highest BCUT2D eigenvalue weighted by molar-refractivity contribution is 6.05. The van der Waals surface area contributed by atoms with E-state index in [1.807, 2.05) is 0 Å². The summed E-state index contributed by atoms with van der Waals surface area (Å²) in [6, 6.07) is 4.38. The number of benzene rings is 1. The van der Waals surface area contributed by atoms with Gasteiger partial charge in [-0.2, -0.15) is 8.78 Å². The number of carbonyl (C=O) groups is 1. The van der Waals surface area contributed by atoms with Crippen molar-refractivity contribution in [1.82, 2.24) is 0 Å². The van der Waals surface area contributed by atoms with Gasteiger partial charge in [0.25, 0.3) is 0 Å². The lowest BCUT2D eigenvalue weighted by Gasteiger charge is -2.02. The Balaban J connectivity index is 2.49. The maximum Gasteiger partial charge on any atom is 0.313 e. The Bertz CT molecular complexity index is 399. The minimum atomic E-state index is -3.24. The molecule has 0 aliphatic heterocycles. The van der Waals surface area contributed by atoms with Crippen LogP contribution in [0.15, 0.2) is 18.2 Å². The molecule has 0 fully saturated rings. The zero-order valence-corrected chi connectivity index (χ0v) is 7.51. The van der Waals surface area contributed by atoms with Crippen molar-refractivity contribution in [3.8, 4) is 5.75 Å². The topological polar surface area (TPSA) is 26.3 Å². The maximum absolute atomic E-state index is 13.0. The molecule has 2 nitrogen and oxygen atoms in total. The van der Waals surface area contributed by atoms with E-state index < -0.39 is 18.1 Å². The van der Waals surface area contributed by atoms with E-state index in [0.717, 1.165) is 0 Å². The van der Waals surface area contributed by atoms with E-state index in [1.165, 1.54) is 25.3 Å². The molecule has 14 heavy (non-hydrogen) atoms. The van der Waals surface area contributed by atoms with Gasteiger partial charge in [0.15, 0.2) is 0 Å². The molecule has 0 atom stereocenters. The predicted molar refractivity (Wildman–Crippen MR) is 46.0 cm³/mol. The number of rotatable bonds is 1. The first kappa shape index (κ1) is 9.12. The molecule has 0 bridgehead atoms. The van der Waals surface area contributed by atoms with Crippen LogP contribution in [0.4, 0.5) is 8.78 Å². The van der Waals surface area contributed by atoms with Crippen LogP contribution in [0, 0.1) is 0 Å². The van der Waals surface area contributed by atoms with Crippen molar-refractivity contribution in [2.75, 3.05) is 7.11 Å². The Morgan fingerprint density at radius 3 is 2.79 bits per heavy atom. The zero-order valence-electron chi connectivity index (χ0n) is 7.51. The van der Waals surface area contributed by atoms with Gasteiger partial charge in [-0.25, -0.2) is 0 Å². The van der Waals surface area contributed by atoms with E-state index >= 15 is 0 Å². The Hall–Kier alpha value is -1.45. The summed E-state index contributed by atoms with van der Waals surface area (Å²) in [6.07, 6.45) is -0.516. The first-order valence-corrected chi connectivity index (χ1v) is 4.14. The van der Waals surface area contributed by atoms with E-state index in [1.54, 1.807) is 0 Å². The molecule has 2 rings (SSSR count). The molecule has 1 aromatic carbocycles. The third-order valence-corrected chi connectivity index (χ3v) is 2.30. The zero-order chi connectivity index (χ0) is 10.3. The molecule has 0 saturated carbocycles. The Morgan fingerprint density at radius 2 is 2.14 bits per heavy atom. The van der Waals surface area contributed by atoms with Gasteiger partial charge in [-0.05, 0) is 23.8 Å². The van der Waals surface area contributed by atoms with Crippen LogP contribution in [0.25, 0.3) is 0 Å². The van der Waals surface area contributed by atoms with Gasteiger partial charge in [-0.3, -0.25) is 4.79 Å². The minimum absolute atomic E-state index is 0.107. The van der Waals surface area contributed by atoms with Crippen LogP contribution in [0.1, 0.15) is 15.9 Å². The van der Waals surface area contributed by atoms with Crippen LogP contribution in [0.3, 0.4) is 0 Å². The average molecular weight is 198 g/mol. The van der Waals surface area contributed by atoms with Crippen molar-refractivity contribution in [3.63, 3.8) is 0 Å². The maximum atomic E-state index is 13.0. The van der Waals surface area contributed by atoms with Crippen LogP contribution >= 0.6 is 0 Å². The lowest BCUT2D eigenvalue weighted by molar-refractivity contribution is 0.0168. The molecule has 0 spiro atoms. The molecular formula is C10H8F2O2. The van der Waals surface area contributed by atoms with Crippen molar-refractivity contribution < 1.29 is 18.3 Å². The van der Waals surface area contributed by atoms with Gasteiger partial charge in [0, 0.05) is 12.0 Å². The van der Waals surface area contributed by atoms with Gasteiger partial charge in [0.05, 0.1) is 7.11 Å². The molecule has 0 unspecified atom stereocenters. The van der Waals surface area contributed by atoms with Gasteiger partial charge in [0.2, 0.25) is 5.78 Å². The fourth-order valence-electron chi connectivity index (χ4n) is 1.58. The van der Waals surface area contributed by atoms with Crippen LogP contribution in [-0.4, -0.2) is 18.8 Å². The fraction of sp³-hybridized carbons (Fsp3) is 0.300. The second-order valence-electron chi connectivity index (χ2n) is 3.23. The fourth-order valence-corrected chi connectivity index (χ4v) is 1.58. The Morgan fingerprint density at radius 1 is 1.43 bits per heavy atom. The predicted octanol–water partition coefficient (Wildman–Crippen LogP) is 2.07. The summed E-state index contributed by atoms with van der Waals surface area (Å²) in [5, 5.41) is 0. The van der Waals surface area contributed by atoms with E-state index in [4.69, 9.17) is 4.74 Å². The number of fused-ring (bicyclic) bond motifs is 1. The number of ether oxygens (including phenoxy) is 1. The number of ketones is 1. The van der Waals surface area contributed by atoms with Crippen molar-refractivity contribution in [1.29, 1.82) is 0 Å². The van der Waals surface area contributed by atoms with E-state index in [-0.39, 0.29) is 5.56 Å². The van der Waals surface area contributed by atoms with Gasteiger partial charge < -0.3 is 4.74 Å². The first-order chi connectivity index (χ1) is 6.54. The Labute approximate surface area is 79.5 Å². The molecule has 0 aromatic heterocycles. The first-order valence-electron chi connectivity index (χ1n) is 4.14. The number of hydrogen-bond acceptors (Lipinski definition) is 2. The molecule has 1 aliphatic carbocycles. The molecule has 74 valence electrons. The summed E-state index contributed by atoms with van der Waals surface area (Å²) in [5.74, 6) is -3.83. The van der Waals surface area contributed by atoms with Crippen molar-refractivity contribution in [3.05, 3.63) is 29.3 Å². The molecule has 0 N–H and O–H groups in total. The summed E-state index contributed by atoms with van der Waals surface area (Å²) in [5.41, 5.74) is 0.468. The van der Waals surface area contributed by atoms with Crippen LogP contribution in [0.2, 0.25) is 0 Å². The van der Waals surface area contributed by atoms with Crippen LogP contribution in [-0.2, 0) is 6.42 Å². The number of carbonyl (C=O) groups excluding carboxylic acids is 1. The Kier molecular flexibility index (Phi) is 1.80. The molecule has 4 heteroatoms. The van der Waals surface area contributed by atoms with Crippen LogP contribution in [0.5, 0.6) is 5.75 Å². The summed E-state index contributed by atoms with van der Waals surface area (Å²) in [4.78, 5) is 11.1. The van der Waals surface area contributed by atoms with Gasteiger partial charge >= 0.3 is 5.92 Å². The highest BCUT2D eigenvalue weighted by Crippen LogP contribution is 2.35. The third-order valence-electron chi connectivity index (χ3n) is 2.30. The summed E-state index contributed by atoms with van der Waals surface area (Å²) in [6.45, 7) is 0. The lowest BCUT2D eigenvalue weighted by Crippen LogP contribution is -2.23. The molecule has 0 saturated heterocycles. The van der Waals surface area contributed by atoms with E-state index in [0.29, 0.717) is 11.3 Å². The van der Waals surface area contributed by atoms with Gasteiger partial charge in [0.1, 0.15) is 5.75 Å². The SMILES string of the molecule is COc1ccc2c(c1)CC(F)(F)C2=O. The quantitative estimate of drug-likeness (QED) is 0.690. The number of alkyl halides is 2. The van der Waals surface area contributed by atoms with Crippen LogP contribution < -0.4 is 4.74 Å². The average Bonchev–Trinajstić information content (AvgIpc) is 2.37.